The maximum Gasteiger partial charge on any atom is 0.248 e. The molecule has 0 N–H and O–H groups in total. The van der Waals surface area contributed by atoms with Crippen LogP contribution in [0.5, 0.6) is 0 Å². The molecular weight excluding hydrogens is 308 g/mol. The molecule has 1 saturated heterocycles. The van der Waals surface area contributed by atoms with Crippen LogP contribution >= 0.6 is 0 Å². The molecule has 1 saturated carbocycles. The number of aryl methyl sites for hydroxylation is 1. The Morgan fingerprint density at radius 1 is 1.46 bits per heavy atom. The van der Waals surface area contributed by atoms with Gasteiger partial charge < -0.3 is 14.4 Å². The zero-order valence-corrected chi connectivity index (χ0v) is 14.9. The lowest BCUT2D eigenvalue weighted by molar-refractivity contribution is -0.134. The molecule has 24 heavy (non-hydrogen) atoms. The van der Waals surface area contributed by atoms with Gasteiger partial charge in [0.2, 0.25) is 5.91 Å². The van der Waals surface area contributed by atoms with Crippen LogP contribution in [0.15, 0.2) is 12.4 Å². The minimum absolute atomic E-state index is 0.0138. The minimum atomic E-state index is 0.0138. The fourth-order valence-electron chi connectivity index (χ4n) is 3.69. The molecule has 3 rings (SSSR count). The largest absolute Gasteiger partial charge is 0.375 e. The molecule has 3 atom stereocenters. The fraction of sp³-hybridized carbons (Fsp3) is 0.765. The van der Waals surface area contributed by atoms with Gasteiger partial charge in [-0.25, -0.2) is 0 Å². The van der Waals surface area contributed by atoms with E-state index in [2.05, 4.69) is 16.2 Å². The first kappa shape index (κ1) is 17.4. The smallest absolute Gasteiger partial charge is 0.248 e. The van der Waals surface area contributed by atoms with Crippen molar-refractivity contribution in [1.82, 2.24) is 19.6 Å². The molecule has 2 fully saturated rings. The maximum atomic E-state index is 11.6. The van der Waals surface area contributed by atoms with Crippen LogP contribution in [0.4, 0.5) is 0 Å². The number of rotatable bonds is 6. The third-order valence-corrected chi connectivity index (χ3v) is 4.97. The second kappa shape index (κ2) is 7.63. The van der Waals surface area contributed by atoms with Gasteiger partial charge in [-0.05, 0) is 18.8 Å². The quantitative estimate of drug-likeness (QED) is 0.757. The predicted molar refractivity (Wildman–Crippen MR) is 89.4 cm³/mol. The number of fused-ring (bicyclic) bond motifs is 1. The highest BCUT2D eigenvalue weighted by Crippen LogP contribution is 2.35. The first-order valence-corrected chi connectivity index (χ1v) is 8.64. The van der Waals surface area contributed by atoms with Crippen LogP contribution in [0.2, 0.25) is 0 Å². The van der Waals surface area contributed by atoms with E-state index in [-0.39, 0.29) is 18.6 Å². The number of hydrogen-bond acceptors (Lipinski definition) is 5. The zero-order valence-electron chi connectivity index (χ0n) is 14.9. The van der Waals surface area contributed by atoms with Gasteiger partial charge in [0.15, 0.2) is 0 Å². The highest BCUT2D eigenvalue weighted by Gasteiger charge is 2.41. The van der Waals surface area contributed by atoms with Crippen LogP contribution in [-0.4, -0.2) is 78.1 Å². The number of ether oxygens (including phenoxy) is 2. The Kier molecular flexibility index (Phi) is 5.53. The average molecular weight is 336 g/mol. The molecule has 134 valence electrons. The second-order valence-corrected chi connectivity index (χ2v) is 7.11. The number of carbonyl (C=O) groups excluding carboxylic acids is 1. The van der Waals surface area contributed by atoms with Crippen LogP contribution in [0.3, 0.4) is 0 Å². The van der Waals surface area contributed by atoms with Crippen molar-refractivity contribution in [2.45, 2.75) is 31.5 Å². The third-order valence-electron chi connectivity index (χ3n) is 4.97. The van der Waals surface area contributed by atoms with Gasteiger partial charge in [0.25, 0.3) is 0 Å². The van der Waals surface area contributed by atoms with Crippen LogP contribution < -0.4 is 0 Å². The van der Waals surface area contributed by atoms with Gasteiger partial charge >= 0.3 is 0 Å². The lowest BCUT2D eigenvalue weighted by Gasteiger charge is -2.37. The van der Waals surface area contributed by atoms with Crippen LogP contribution in [0.25, 0.3) is 0 Å². The summed E-state index contributed by atoms with van der Waals surface area (Å²) in [7, 11) is 5.45. The number of hydrogen-bond donors (Lipinski definition) is 0. The molecule has 0 radical (unpaired) electrons. The molecule has 0 bridgehead atoms. The number of amides is 1. The Hall–Kier alpha value is -1.44. The normalized spacial score (nSPS) is 27.2. The standard InChI is InChI=1S/C17H28N4O3/c1-19(2)17(22)12-23-11-13-6-15-16(7-13)24-5-4-21(15)10-14-8-18-20(3)9-14/h8-9,13,15-16H,4-7,10-12H2,1-3H3/t13-,15-,16-/m0/s1. The molecule has 0 unspecified atom stereocenters. The monoisotopic (exact) mass is 336 g/mol. The minimum Gasteiger partial charge on any atom is -0.375 e. The summed E-state index contributed by atoms with van der Waals surface area (Å²) in [6, 6.07) is 0.442. The number of likely N-dealkylation sites (N-methyl/N-ethyl adjacent to an activating group) is 1. The summed E-state index contributed by atoms with van der Waals surface area (Å²) in [5.74, 6) is 0.476. The van der Waals surface area contributed by atoms with Gasteiger partial charge in [-0.3, -0.25) is 14.4 Å². The van der Waals surface area contributed by atoms with Gasteiger partial charge in [0, 0.05) is 52.0 Å². The van der Waals surface area contributed by atoms with Gasteiger partial charge in [0.1, 0.15) is 6.61 Å². The molecule has 1 amide bonds. The number of aromatic nitrogens is 2. The van der Waals surface area contributed by atoms with Crippen molar-refractivity contribution in [3.63, 3.8) is 0 Å². The van der Waals surface area contributed by atoms with Crippen molar-refractivity contribution in [3.8, 4) is 0 Å². The van der Waals surface area contributed by atoms with E-state index in [0.717, 1.165) is 32.5 Å². The molecule has 2 aliphatic rings. The first-order chi connectivity index (χ1) is 11.5. The topological polar surface area (TPSA) is 59.8 Å². The summed E-state index contributed by atoms with van der Waals surface area (Å²) in [6.07, 6.45) is 6.39. The first-order valence-electron chi connectivity index (χ1n) is 8.64. The van der Waals surface area contributed by atoms with Crippen LogP contribution in [0, 0.1) is 5.92 Å². The molecule has 0 aromatic carbocycles. The van der Waals surface area contributed by atoms with E-state index in [0.29, 0.717) is 18.6 Å². The van der Waals surface area contributed by atoms with Gasteiger partial charge in [-0.1, -0.05) is 0 Å². The molecule has 1 aromatic heterocycles. The molecule has 1 aliphatic carbocycles. The predicted octanol–water partition coefficient (Wildman–Crippen LogP) is 0.504. The summed E-state index contributed by atoms with van der Waals surface area (Å²) < 4.78 is 13.5. The summed E-state index contributed by atoms with van der Waals surface area (Å²) in [5.41, 5.74) is 1.24. The van der Waals surface area contributed by atoms with Gasteiger partial charge in [-0.2, -0.15) is 5.10 Å². The van der Waals surface area contributed by atoms with E-state index in [1.807, 2.05) is 17.9 Å². The van der Waals surface area contributed by atoms with Crippen molar-refractivity contribution in [3.05, 3.63) is 18.0 Å². The van der Waals surface area contributed by atoms with Crippen molar-refractivity contribution in [1.29, 1.82) is 0 Å². The highest BCUT2D eigenvalue weighted by molar-refractivity contribution is 5.76. The Labute approximate surface area is 143 Å². The molecule has 2 heterocycles. The van der Waals surface area contributed by atoms with Crippen LogP contribution in [0.1, 0.15) is 18.4 Å². The summed E-state index contributed by atoms with van der Waals surface area (Å²) >= 11 is 0. The summed E-state index contributed by atoms with van der Waals surface area (Å²) in [6.45, 7) is 3.47. The lowest BCUT2D eigenvalue weighted by atomic mass is 10.1. The molecule has 7 heteroatoms. The zero-order chi connectivity index (χ0) is 17.1. The van der Waals surface area contributed by atoms with Crippen molar-refractivity contribution in [2.75, 3.05) is 40.5 Å². The Balaban J connectivity index is 1.50. The van der Waals surface area contributed by atoms with Crippen molar-refractivity contribution in [2.24, 2.45) is 13.0 Å². The molecule has 1 aliphatic heterocycles. The number of carbonyl (C=O) groups is 1. The van der Waals surface area contributed by atoms with Gasteiger partial charge in [0.05, 0.1) is 25.5 Å². The Morgan fingerprint density at radius 2 is 2.29 bits per heavy atom. The van der Waals surface area contributed by atoms with Gasteiger partial charge in [-0.15, -0.1) is 0 Å². The summed E-state index contributed by atoms with van der Waals surface area (Å²) in [4.78, 5) is 15.7. The number of nitrogens with zero attached hydrogens (tertiary/aromatic N) is 4. The number of morpholine rings is 1. The van der Waals surface area contributed by atoms with E-state index >= 15 is 0 Å². The molecule has 0 spiro atoms. The average Bonchev–Trinajstić information content (AvgIpc) is 3.13. The SMILES string of the molecule is CN(C)C(=O)COC[C@@H]1C[C@@H]2OCCN(Cc3cnn(C)c3)[C@H]2C1. The maximum absolute atomic E-state index is 11.6. The van der Waals surface area contributed by atoms with Crippen molar-refractivity contribution >= 4 is 5.91 Å². The fourth-order valence-corrected chi connectivity index (χ4v) is 3.69. The summed E-state index contributed by atoms with van der Waals surface area (Å²) in [5, 5.41) is 4.26. The van der Waals surface area contributed by atoms with E-state index in [4.69, 9.17) is 9.47 Å². The molecule has 1 aromatic rings. The Bertz CT molecular complexity index is 560. The highest BCUT2D eigenvalue weighted by atomic mass is 16.5. The molecule has 7 nitrogen and oxygen atoms in total. The second-order valence-electron chi connectivity index (χ2n) is 7.11. The Morgan fingerprint density at radius 3 is 3.00 bits per heavy atom. The van der Waals surface area contributed by atoms with Crippen molar-refractivity contribution < 1.29 is 14.3 Å². The van der Waals surface area contributed by atoms with E-state index < -0.39 is 0 Å². The third kappa shape index (κ3) is 4.15. The van der Waals surface area contributed by atoms with Crippen LogP contribution in [-0.2, 0) is 27.9 Å². The van der Waals surface area contributed by atoms with E-state index in [1.165, 1.54) is 5.56 Å². The lowest BCUT2D eigenvalue weighted by Crippen LogP contribution is -2.47. The van der Waals surface area contributed by atoms with E-state index in [1.54, 1.807) is 19.0 Å². The van der Waals surface area contributed by atoms with E-state index in [9.17, 15) is 4.79 Å². The molecular formula is C17H28N4O3.